The number of hydrogen-bond donors (Lipinski definition) is 2. The lowest BCUT2D eigenvalue weighted by Gasteiger charge is -2.51. The number of benzene rings is 2. The fraction of sp³-hybridized carbons (Fsp3) is 0.250. The van der Waals surface area contributed by atoms with E-state index in [0.717, 1.165) is 5.56 Å². The van der Waals surface area contributed by atoms with Gasteiger partial charge in [0, 0.05) is 10.7 Å². The van der Waals surface area contributed by atoms with Gasteiger partial charge in [-0.25, -0.2) is 8.42 Å². The summed E-state index contributed by atoms with van der Waals surface area (Å²) in [5.74, 6) is -1.09. The second kappa shape index (κ2) is 9.23. The van der Waals surface area contributed by atoms with Gasteiger partial charge in [0.15, 0.2) is 5.66 Å². The molecule has 0 fully saturated rings. The number of ketones is 1. The van der Waals surface area contributed by atoms with Crippen LogP contribution in [0.25, 0.3) is 0 Å². The lowest BCUT2D eigenvalue weighted by molar-refractivity contribution is -0.116. The minimum absolute atomic E-state index is 0.204. The number of carbonyl (C=O) groups is 1. The van der Waals surface area contributed by atoms with E-state index in [1.165, 1.54) is 24.3 Å². The summed E-state index contributed by atoms with van der Waals surface area (Å²) in [5, 5.41) is 2.02. The summed E-state index contributed by atoms with van der Waals surface area (Å²) in [6, 6.07) is 10.5. The first-order valence-electron chi connectivity index (χ1n) is 9.08. The van der Waals surface area contributed by atoms with E-state index in [1.807, 2.05) is 13.0 Å². The molecule has 2 N–H and O–H groups in total. The molecular formula is C20H15Cl7N2O3S. The maximum absolute atomic E-state index is 13.4. The van der Waals surface area contributed by atoms with E-state index >= 15 is 0 Å². The zero-order valence-corrected chi connectivity index (χ0v) is 22.9. The highest BCUT2D eigenvalue weighted by molar-refractivity contribution is 7.89. The smallest absolute Gasteiger partial charge is 0.242 e. The molecule has 3 rings (SSSR count). The summed E-state index contributed by atoms with van der Waals surface area (Å²) >= 11 is 44.2. The van der Waals surface area contributed by atoms with Gasteiger partial charge in [0.25, 0.3) is 0 Å². The average molecular weight is 612 g/mol. The van der Waals surface area contributed by atoms with Crippen LogP contribution in [-0.4, -0.2) is 28.5 Å². The fourth-order valence-corrected chi connectivity index (χ4v) is 6.65. The van der Waals surface area contributed by atoms with Crippen LogP contribution in [0.3, 0.4) is 0 Å². The van der Waals surface area contributed by atoms with Gasteiger partial charge in [-0.2, -0.15) is 4.72 Å². The van der Waals surface area contributed by atoms with Gasteiger partial charge in [-0.05, 0) is 49.7 Å². The lowest BCUT2D eigenvalue weighted by Crippen LogP contribution is -2.73. The van der Waals surface area contributed by atoms with Crippen LogP contribution in [0.4, 0.5) is 5.69 Å². The number of anilines is 1. The summed E-state index contributed by atoms with van der Waals surface area (Å²) in [7, 11) is -4.42. The first kappa shape index (κ1) is 27.2. The van der Waals surface area contributed by atoms with Crippen LogP contribution in [0.2, 0.25) is 5.02 Å². The molecule has 0 saturated carbocycles. The third-order valence-corrected chi connectivity index (χ3v) is 10.1. The molecule has 1 aliphatic rings. The molecule has 0 aromatic heterocycles. The zero-order chi connectivity index (χ0) is 25.0. The number of sulfonamides is 1. The first-order valence-corrected chi connectivity index (χ1v) is 13.2. The molecule has 0 radical (unpaired) electrons. The largest absolute Gasteiger partial charge is 0.359 e. The Kier molecular flexibility index (Phi) is 7.60. The second-order valence-corrected chi connectivity index (χ2v) is 12.9. The predicted octanol–water partition coefficient (Wildman–Crippen LogP) is 6.66. The summed E-state index contributed by atoms with van der Waals surface area (Å²) in [6.07, 6.45) is 0. The Hall–Kier alpha value is -0.410. The van der Waals surface area contributed by atoms with Crippen molar-refractivity contribution in [2.45, 2.75) is 33.1 Å². The summed E-state index contributed by atoms with van der Waals surface area (Å²) < 4.78 is 23.9. The van der Waals surface area contributed by atoms with E-state index in [-0.39, 0.29) is 4.90 Å². The molecule has 0 heterocycles. The quantitative estimate of drug-likeness (QED) is 0.293. The van der Waals surface area contributed by atoms with Crippen molar-refractivity contribution in [1.82, 2.24) is 4.72 Å². The molecule has 2 aromatic carbocycles. The maximum Gasteiger partial charge on any atom is 0.242 e. The van der Waals surface area contributed by atoms with Crippen molar-refractivity contribution in [1.29, 1.82) is 0 Å². The molecule has 0 bridgehead atoms. The Labute approximate surface area is 226 Å². The number of Topliss-reactive ketones (excluding diaryl/α,β-unsaturated/α-hetero) is 1. The highest BCUT2D eigenvalue weighted by Crippen LogP contribution is 2.59. The number of rotatable bonds is 5. The molecule has 5 nitrogen and oxygen atoms in total. The van der Waals surface area contributed by atoms with Crippen LogP contribution in [0.15, 0.2) is 57.4 Å². The molecule has 178 valence electrons. The van der Waals surface area contributed by atoms with E-state index in [0.29, 0.717) is 16.3 Å². The van der Waals surface area contributed by atoms with Crippen molar-refractivity contribution in [2.75, 3.05) is 5.32 Å². The van der Waals surface area contributed by atoms with Crippen LogP contribution in [0.5, 0.6) is 0 Å². The molecule has 1 aliphatic carbocycles. The van der Waals surface area contributed by atoms with Crippen molar-refractivity contribution in [3.8, 4) is 0 Å². The number of halogens is 7. The molecule has 2 aromatic rings. The summed E-state index contributed by atoms with van der Waals surface area (Å²) in [6.45, 7) is 3.62. The molecule has 0 spiro atoms. The zero-order valence-electron chi connectivity index (χ0n) is 16.8. The number of aryl methyl sites for hydroxylation is 2. The van der Waals surface area contributed by atoms with Crippen molar-refractivity contribution in [3.63, 3.8) is 0 Å². The summed E-state index contributed by atoms with van der Waals surface area (Å²) in [5.41, 5.74) is -0.396. The fourth-order valence-electron chi connectivity index (χ4n) is 3.22. The molecule has 0 aliphatic heterocycles. The van der Waals surface area contributed by atoms with Crippen molar-refractivity contribution >= 4 is 103 Å². The molecule has 1 atom stereocenters. The SMILES string of the molecule is Cc1ccc(N[C@@]2(NS(=O)(=O)c3ccc(Cl)cc3)C(Cl)=C(Cl)C(=O)C(Cl)(Cl)C2(Cl)Cl)c(C)c1. The first-order chi connectivity index (χ1) is 15.1. The minimum atomic E-state index is -4.42. The van der Waals surface area contributed by atoms with Crippen molar-refractivity contribution < 1.29 is 13.2 Å². The van der Waals surface area contributed by atoms with Gasteiger partial charge in [0.05, 0.1) is 9.93 Å². The van der Waals surface area contributed by atoms with Gasteiger partial charge in [-0.3, -0.25) is 4.79 Å². The topological polar surface area (TPSA) is 75.3 Å². The highest BCUT2D eigenvalue weighted by Gasteiger charge is 2.71. The van der Waals surface area contributed by atoms with E-state index in [2.05, 4.69) is 10.0 Å². The van der Waals surface area contributed by atoms with Crippen LogP contribution in [-0.2, 0) is 14.8 Å². The number of hydrogen-bond acceptors (Lipinski definition) is 4. The number of allylic oxidation sites excluding steroid dienone is 1. The molecule has 0 unspecified atom stereocenters. The third-order valence-electron chi connectivity index (χ3n) is 4.99. The molecule has 0 saturated heterocycles. The minimum Gasteiger partial charge on any atom is -0.359 e. The monoisotopic (exact) mass is 608 g/mol. The normalized spacial score (nSPS) is 22.4. The van der Waals surface area contributed by atoms with E-state index in [1.54, 1.807) is 19.1 Å². The van der Waals surface area contributed by atoms with Crippen LogP contribution in [0.1, 0.15) is 11.1 Å². The van der Waals surface area contributed by atoms with E-state index < -0.39 is 40.2 Å². The van der Waals surface area contributed by atoms with Gasteiger partial charge in [0.2, 0.25) is 24.5 Å². The standard InChI is InChI=1S/C20H15Cl7N2O3S/c1-10-3-8-14(11(2)9-10)28-19(29-33(31,32)13-6-4-12(21)5-7-13)16(23)15(22)17(30)18(24,25)20(19,26)27/h3-9,28-29H,1-2H3/t19-/m1/s1. The Bertz CT molecular complexity index is 1260. The molecule has 0 amide bonds. The lowest BCUT2D eigenvalue weighted by atomic mass is 9.91. The number of carbonyl (C=O) groups excluding carboxylic acids is 1. The van der Waals surface area contributed by atoms with Gasteiger partial charge in [0.1, 0.15) is 5.03 Å². The Balaban J connectivity index is 2.31. The molecule has 13 heteroatoms. The van der Waals surface area contributed by atoms with Gasteiger partial charge < -0.3 is 5.32 Å². The molecule has 33 heavy (non-hydrogen) atoms. The van der Waals surface area contributed by atoms with Crippen LogP contribution < -0.4 is 10.0 Å². The van der Waals surface area contributed by atoms with Gasteiger partial charge in [-0.1, -0.05) is 98.9 Å². The second-order valence-electron chi connectivity index (χ2n) is 7.36. The van der Waals surface area contributed by atoms with Gasteiger partial charge >= 0.3 is 0 Å². The third kappa shape index (κ3) is 4.59. The summed E-state index contributed by atoms with van der Waals surface area (Å²) in [4.78, 5) is 12.5. The Morgan fingerprint density at radius 1 is 0.879 bits per heavy atom. The van der Waals surface area contributed by atoms with E-state index in [4.69, 9.17) is 81.2 Å². The van der Waals surface area contributed by atoms with Crippen molar-refractivity contribution in [2.24, 2.45) is 0 Å². The highest BCUT2D eigenvalue weighted by atomic mass is 35.5. The van der Waals surface area contributed by atoms with Crippen LogP contribution >= 0.6 is 81.2 Å². The van der Waals surface area contributed by atoms with E-state index in [9.17, 15) is 13.2 Å². The van der Waals surface area contributed by atoms with Gasteiger partial charge in [-0.15, -0.1) is 0 Å². The predicted molar refractivity (Wildman–Crippen MR) is 137 cm³/mol. The number of alkyl halides is 4. The Morgan fingerprint density at radius 3 is 2.00 bits per heavy atom. The average Bonchev–Trinajstić information content (AvgIpc) is 2.72. The number of nitrogens with one attached hydrogen (secondary N) is 2. The Morgan fingerprint density at radius 2 is 1.45 bits per heavy atom. The van der Waals surface area contributed by atoms with Crippen LogP contribution in [0, 0.1) is 13.8 Å². The van der Waals surface area contributed by atoms with Crippen molar-refractivity contribution in [3.05, 3.63) is 68.7 Å². The molecular weight excluding hydrogens is 596 g/mol. The maximum atomic E-state index is 13.4.